The van der Waals surface area contributed by atoms with Crippen LogP contribution in [0.25, 0.3) is 0 Å². The number of thioether (sulfide) groups is 1. The molecule has 35 heavy (non-hydrogen) atoms. The summed E-state index contributed by atoms with van der Waals surface area (Å²) in [4.78, 5) is 0. The first-order chi connectivity index (χ1) is 17.3. The number of hydrogen-bond donors (Lipinski definition) is 0. The third-order valence-corrected chi connectivity index (χ3v) is 5.65. The van der Waals surface area contributed by atoms with Crippen LogP contribution in [0.15, 0.2) is 130 Å². The third-order valence-electron chi connectivity index (χ3n) is 4.74. The van der Waals surface area contributed by atoms with Gasteiger partial charge >= 0.3 is 0 Å². The molecule has 0 saturated carbocycles. The molecule has 6 nitrogen and oxygen atoms in total. The van der Waals surface area contributed by atoms with Crippen molar-refractivity contribution in [2.45, 2.75) is 0 Å². The van der Waals surface area contributed by atoms with Crippen molar-refractivity contribution in [1.29, 1.82) is 0 Å². The van der Waals surface area contributed by atoms with E-state index < -0.39 is 0 Å². The summed E-state index contributed by atoms with van der Waals surface area (Å²) in [5, 5.41) is 16.9. The first kappa shape index (κ1) is 24.2. The molecule has 0 atom stereocenters. The Morgan fingerprint density at radius 2 is 0.771 bits per heavy atom. The largest absolute Gasteiger partial charge is 0.493 e. The quantitative estimate of drug-likeness (QED) is 0.150. The fourth-order valence-corrected chi connectivity index (χ4v) is 3.58. The zero-order chi connectivity index (χ0) is 24.0. The Balaban J connectivity index is 1.08. The highest BCUT2D eigenvalue weighted by Gasteiger charge is 1.98. The zero-order valence-electron chi connectivity index (χ0n) is 19.2. The predicted octanol–water partition coefficient (Wildman–Crippen LogP) is 8.71. The summed E-state index contributed by atoms with van der Waals surface area (Å²) < 4.78 is 11.6. The Bertz CT molecular complexity index is 1100. The van der Waals surface area contributed by atoms with Gasteiger partial charge in [0.05, 0.1) is 36.0 Å². The van der Waals surface area contributed by atoms with E-state index in [1.165, 1.54) is 0 Å². The Labute approximate surface area is 209 Å². The first-order valence-corrected chi connectivity index (χ1v) is 12.5. The van der Waals surface area contributed by atoms with E-state index in [-0.39, 0.29) is 0 Å². The molecule has 4 rings (SSSR count). The van der Waals surface area contributed by atoms with Crippen molar-refractivity contribution in [3.8, 4) is 11.5 Å². The number of benzene rings is 4. The molecule has 0 fully saturated rings. The van der Waals surface area contributed by atoms with E-state index in [9.17, 15) is 0 Å². The van der Waals surface area contributed by atoms with Crippen LogP contribution in [0.3, 0.4) is 0 Å². The number of nitrogens with zero attached hydrogens (tertiary/aromatic N) is 4. The average Bonchev–Trinajstić information content (AvgIpc) is 2.93. The minimum Gasteiger partial charge on any atom is -0.493 e. The van der Waals surface area contributed by atoms with Crippen molar-refractivity contribution >= 4 is 34.5 Å². The van der Waals surface area contributed by atoms with Crippen LogP contribution < -0.4 is 9.47 Å². The van der Waals surface area contributed by atoms with Crippen LogP contribution in [-0.2, 0) is 0 Å². The summed E-state index contributed by atoms with van der Waals surface area (Å²) >= 11 is 1.79. The number of rotatable bonds is 12. The van der Waals surface area contributed by atoms with E-state index in [0.29, 0.717) is 13.2 Å². The Kier molecular flexibility index (Phi) is 9.44. The molecule has 0 unspecified atom stereocenters. The second-order valence-electron chi connectivity index (χ2n) is 7.37. The standard InChI is InChI=1S/C28H26N4O2S/c1-3-7-23(8-4-1)29-31-25-11-15-27(16-12-25)33-19-21-35-22-20-34-28-17-13-26(14-18-28)32-30-24-9-5-2-6-10-24/h1-18H,19-22H2. The molecular weight excluding hydrogens is 456 g/mol. The van der Waals surface area contributed by atoms with Crippen LogP contribution in [0, 0.1) is 0 Å². The van der Waals surface area contributed by atoms with E-state index in [1.807, 2.05) is 109 Å². The zero-order valence-corrected chi connectivity index (χ0v) is 20.1. The van der Waals surface area contributed by atoms with Gasteiger partial charge in [-0.3, -0.25) is 0 Å². The lowest BCUT2D eigenvalue weighted by atomic mass is 10.3. The van der Waals surface area contributed by atoms with Crippen LogP contribution >= 0.6 is 11.8 Å². The van der Waals surface area contributed by atoms with E-state index in [0.717, 1.165) is 45.8 Å². The van der Waals surface area contributed by atoms with Gasteiger partial charge in [0, 0.05) is 11.5 Å². The second-order valence-corrected chi connectivity index (χ2v) is 8.59. The van der Waals surface area contributed by atoms with Crippen LogP contribution in [0.1, 0.15) is 0 Å². The van der Waals surface area contributed by atoms with Gasteiger partial charge in [-0.15, -0.1) is 0 Å². The molecule has 0 heterocycles. The van der Waals surface area contributed by atoms with Gasteiger partial charge in [0.2, 0.25) is 0 Å². The molecule has 0 spiro atoms. The summed E-state index contributed by atoms with van der Waals surface area (Å²) in [7, 11) is 0. The smallest absolute Gasteiger partial charge is 0.119 e. The van der Waals surface area contributed by atoms with Crippen LogP contribution in [0.2, 0.25) is 0 Å². The van der Waals surface area contributed by atoms with Crippen molar-refractivity contribution in [3.05, 3.63) is 109 Å². The fraction of sp³-hybridized carbons (Fsp3) is 0.143. The Morgan fingerprint density at radius 3 is 1.14 bits per heavy atom. The van der Waals surface area contributed by atoms with E-state index >= 15 is 0 Å². The normalized spacial score (nSPS) is 11.2. The van der Waals surface area contributed by atoms with Gasteiger partial charge in [0.15, 0.2) is 0 Å². The van der Waals surface area contributed by atoms with Crippen LogP contribution in [0.4, 0.5) is 22.7 Å². The van der Waals surface area contributed by atoms with Gasteiger partial charge in [0.25, 0.3) is 0 Å². The van der Waals surface area contributed by atoms with Crippen molar-refractivity contribution in [3.63, 3.8) is 0 Å². The highest BCUT2D eigenvalue weighted by Crippen LogP contribution is 2.22. The molecule has 0 N–H and O–H groups in total. The van der Waals surface area contributed by atoms with E-state index in [1.54, 1.807) is 11.8 Å². The van der Waals surface area contributed by atoms with Crippen molar-refractivity contribution < 1.29 is 9.47 Å². The van der Waals surface area contributed by atoms with E-state index in [4.69, 9.17) is 9.47 Å². The van der Waals surface area contributed by atoms with Gasteiger partial charge in [0.1, 0.15) is 11.5 Å². The molecule has 176 valence electrons. The van der Waals surface area contributed by atoms with Crippen molar-refractivity contribution in [2.75, 3.05) is 24.7 Å². The Morgan fingerprint density at radius 1 is 0.429 bits per heavy atom. The lowest BCUT2D eigenvalue weighted by Crippen LogP contribution is -2.04. The van der Waals surface area contributed by atoms with E-state index in [2.05, 4.69) is 20.5 Å². The van der Waals surface area contributed by atoms with Crippen molar-refractivity contribution in [2.24, 2.45) is 20.5 Å². The minimum atomic E-state index is 0.636. The maximum atomic E-state index is 5.80. The molecule has 4 aromatic carbocycles. The summed E-state index contributed by atoms with van der Waals surface area (Å²) in [5.74, 6) is 3.42. The number of hydrogen-bond acceptors (Lipinski definition) is 7. The third kappa shape index (κ3) is 8.72. The fourth-order valence-electron chi connectivity index (χ4n) is 2.98. The molecule has 0 aromatic heterocycles. The molecule has 0 aliphatic rings. The van der Waals surface area contributed by atoms with Gasteiger partial charge in [-0.1, -0.05) is 36.4 Å². The molecule has 0 aliphatic heterocycles. The number of ether oxygens (including phenoxy) is 2. The minimum absolute atomic E-state index is 0.636. The maximum Gasteiger partial charge on any atom is 0.119 e. The summed E-state index contributed by atoms with van der Waals surface area (Å²) in [6, 6.07) is 34.6. The highest BCUT2D eigenvalue weighted by atomic mass is 32.2. The lowest BCUT2D eigenvalue weighted by Gasteiger charge is -2.08. The summed E-state index contributed by atoms with van der Waals surface area (Å²) in [5.41, 5.74) is 3.24. The second kappa shape index (κ2) is 13.7. The molecule has 0 radical (unpaired) electrons. The Hall–Kier alpha value is -3.97. The monoisotopic (exact) mass is 482 g/mol. The SMILES string of the molecule is c1ccc(N=Nc2ccc(OCCSCCOc3ccc(N=Nc4ccccc4)cc3)cc2)cc1. The molecule has 0 aliphatic carbocycles. The van der Waals surface area contributed by atoms with Gasteiger partial charge in [-0.2, -0.15) is 32.2 Å². The molecule has 0 amide bonds. The average molecular weight is 483 g/mol. The summed E-state index contributed by atoms with van der Waals surface area (Å²) in [6.45, 7) is 1.27. The molecule has 7 heteroatoms. The summed E-state index contributed by atoms with van der Waals surface area (Å²) in [6.07, 6.45) is 0. The van der Waals surface area contributed by atoms with Crippen LogP contribution in [0.5, 0.6) is 11.5 Å². The predicted molar refractivity (Wildman–Crippen MR) is 142 cm³/mol. The molecule has 0 bridgehead atoms. The molecule has 0 saturated heterocycles. The van der Waals surface area contributed by atoms with Gasteiger partial charge in [-0.05, 0) is 72.8 Å². The van der Waals surface area contributed by atoms with Gasteiger partial charge < -0.3 is 9.47 Å². The highest BCUT2D eigenvalue weighted by molar-refractivity contribution is 7.99. The van der Waals surface area contributed by atoms with Gasteiger partial charge in [-0.25, -0.2) is 0 Å². The lowest BCUT2D eigenvalue weighted by molar-refractivity contribution is 0.339. The maximum absolute atomic E-state index is 5.80. The first-order valence-electron chi connectivity index (χ1n) is 11.3. The molecular formula is C28H26N4O2S. The van der Waals surface area contributed by atoms with Crippen molar-refractivity contribution in [1.82, 2.24) is 0 Å². The number of azo groups is 2. The topological polar surface area (TPSA) is 67.9 Å². The van der Waals surface area contributed by atoms with Crippen LogP contribution in [-0.4, -0.2) is 24.7 Å². The molecule has 4 aromatic rings.